The molecule has 0 bridgehead atoms. The van der Waals surface area contributed by atoms with Crippen LogP contribution in [0.15, 0.2) is 54.6 Å². The summed E-state index contributed by atoms with van der Waals surface area (Å²) in [4.78, 5) is 5.92. The maximum atomic E-state index is 3.76. The Morgan fingerprint density at radius 2 is 1.68 bits per heavy atom. The molecule has 166 valence electrons. The fourth-order valence-electron chi connectivity index (χ4n) is 4.73. The highest BCUT2D eigenvalue weighted by Gasteiger charge is 2.24. The molecule has 0 saturated heterocycles. The molecule has 5 rings (SSSR count). The topological polar surface area (TPSA) is 62.6 Å². The van der Waals surface area contributed by atoms with E-state index in [0.717, 1.165) is 19.4 Å². The van der Waals surface area contributed by atoms with Gasteiger partial charge in [-0.05, 0) is 61.0 Å². The number of rotatable bonds is 3. The van der Waals surface area contributed by atoms with E-state index in [1.54, 1.807) is 0 Å². The van der Waals surface area contributed by atoms with Crippen molar-refractivity contribution < 1.29 is 5.48 Å². The number of nitrogens with zero attached hydrogens (tertiary/aromatic N) is 1. The fraction of sp³-hybridized carbons (Fsp3) is 0.280. The minimum atomic E-state index is 0. The average Bonchev–Trinajstić information content (AvgIpc) is 3.07. The van der Waals surface area contributed by atoms with Crippen LogP contribution >= 0.6 is 24.8 Å². The molecule has 0 radical (unpaired) electrons. The molecule has 0 aliphatic carbocycles. The molecule has 2 heterocycles. The summed E-state index contributed by atoms with van der Waals surface area (Å²) in [6.07, 6.45) is 2.09. The molecule has 0 spiro atoms. The minimum Gasteiger partial charge on any atom is -0.412 e. The SMILES string of the molecule is Cc1ccc2[nH]c3c(c2c1)CCNC3Cc1ccc(N(C)C)c2ccccc12.Cl.Cl.O. The maximum Gasteiger partial charge on any atom is 0.0517 e. The summed E-state index contributed by atoms with van der Waals surface area (Å²) in [5.74, 6) is 0. The van der Waals surface area contributed by atoms with Crippen LogP contribution in [-0.4, -0.2) is 31.1 Å². The second-order valence-corrected chi connectivity index (χ2v) is 8.21. The first kappa shape index (κ1) is 25.0. The van der Waals surface area contributed by atoms with Crippen LogP contribution in [0.5, 0.6) is 0 Å². The van der Waals surface area contributed by atoms with Gasteiger partial charge in [0.1, 0.15) is 0 Å². The molecule has 0 saturated carbocycles. The molecular formula is C25H31Cl2N3O. The number of fused-ring (bicyclic) bond motifs is 4. The van der Waals surface area contributed by atoms with Crippen LogP contribution in [0, 0.1) is 6.92 Å². The van der Waals surface area contributed by atoms with Gasteiger partial charge in [0.15, 0.2) is 0 Å². The zero-order chi connectivity index (χ0) is 19.3. The average molecular weight is 460 g/mol. The Morgan fingerprint density at radius 3 is 2.42 bits per heavy atom. The number of hydrogen-bond acceptors (Lipinski definition) is 2. The van der Waals surface area contributed by atoms with Crippen LogP contribution in [0.2, 0.25) is 0 Å². The number of hydrogen-bond donors (Lipinski definition) is 2. The van der Waals surface area contributed by atoms with Crippen molar-refractivity contribution in [1.29, 1.82) is 0 Å². The lowest BCUT2D eigenvalue weighted by Gasteiger charge is -2.26. The van der Waals surface area contributed by atoms with E-state index in [4.69, 9.17) is 0 Å². The number of halogens is 2. The Morgan fingerprint density at radius 1 is 0.935 bits per heavy atom. The van der Waals surface area contributed by atoms with Gasteiger partial charge in [0.25, 0.3) is 0 Å². The van der Waals surface area contributed by atoms with Gasteiger partial charge in [-0.15, -0.1) is 24.8 Å². The first-order valence-electron chi connectivity index (χ1n) is 10.1. The molecule has 31 heavy (non-hydrogen) atoms. The Balaban J connectivity index is 0.00000114. The summed E-state index contributed by atoms with van der Waals surface area (Å²) >= 11 is 0. The molecule has 1 aliphatic heterocycles. The lowest BCUT2D eigenvalue weighted by Crippen LogP contribution is -2.31. The highest BCUT2D eigenvalue weighted by molar-refractivity contribution is 5.96. The van der Waals surface area contributed by atoms with Gasteiger partial charge in [-0.2, -0.15) is 0 Å². The molecule has 6 heteroatoms. The molecule has 3 aromatic carbocycles. The van der Waals surface area contributed by atoms with E-state index in [9.17, 15) is 0 Å². The van der Waals surface area contributed by atoms with Gasteiger partial charge in [0.05, 0.1) is 6.04 Å². The summed E-state index contributed by atoms with van der Waals surface area (Å²) < 4.78 is 0. The summed E-state index contributed by atoms with van der Waals surface area (Å²) in [6, 6.07) is 20.4. The maximum absolute atomic E-state index is 3.76. The van der Waals surface area contributed by atoms with Crippen molar-refractivity contribution in [3.05, 3.63) is 77.0 Å². The Labute approximate surface area is 196 Å². The number of anilines is 1. The van der Waals surface area contributed by atoms with Crippen molar-refractivity contribution in [2.24, 2.45) is 0 Å². The number of H-pyrrole nitrogens is 1. The van der Waals surface area contributed by atoms with E-state index in [2.05, 4.69) is 90.8 Å². The van der Waals surface area contributed by atoms with Crippen LogP contribution < -0.4 is 10.2 Å². The fourth-order valence-corrected chi connectivity index (χ4v) is 4.73. The second kappa shape index (κ2) is 9.92. The molecule has 4 N–H and O–H groups in total. The molecule has 4 nitrogen and oxygen atoms in total. The van der Waals surface area contributed by atoms with Gasteiger partial charge in [0, 0.05) is 41.8 Å². The van der Waals surface area contributed by atoms with Crippen molar-refractivity contribution in [3.63, 3.8) is 0 Å². The molecule has 0 amide bonds. The molecule has 1 atom stereocenters. The lowest BCUT2D eigenvalue weighted by molar-refractivity contribution is 0.496. The predicted molar refractivity (Wildman–Crippen MR) is 138 cm³/mol. The molecule has 1 unspecified atom stereocenters. The van der Waals surface area contributed by atoms with Gasteiger partial charge in [-0.1, -0.05) is 42.0 Å². The quantitative estimate of drug-likeness (QED) is 0.445. The Bertz CT molecular complexity index is 1190. The molecule has 1 aliphatic rings. The predicted octanol–water partition coefficient (Wildman–Crippen LogP) is 5.14. The van der Waals surface area contributed by atoms with Crippen LogP contribution in [0.3, 0.4) is 0 Å². The number of aromatic nitrogens is 1. The third kappa shape index (κ3) is 4.39. The zero-order valence-corrected chi connectivity index (χ0v) is 19.8. The normalized spacial score (nSPS) is 14.9. The standard InChI is InChI=1S/C25H27N3.2ClH.H2O/c1-16-8-10-22-21(14-16)20-12-13-26-23(25(20)27-22)15-17-9-11-24(28(2)3)19-7-5-4-6-18(17)19;;;/h4-11,14,23,26-27H,12-13,15H2,1-3H3;2*1H;1H2. The number of aryl methyl sites for hydroxylation is 1. The van der Waals surface area contributed by atoms with Crippen LogP contribution in [0.25, 0.3) is 21.7 Å². The van der Waals surface area contributed by atoms with Crippen molar-refractivity contribution in [1.82, 2.24) is 10.3 Å². The zero-order valence-electron chi connectivity index (χ0n) is 18.2. The van der Waals surface area contributed by atoms with E-state index in [1.165, 1.54) is 49.7 Å². The highest BCUT2D eigenvalue weighted by atomic mass is 35.5. The molecule has 1 aromatic heterocycles. The van der Waals surface area contributed by atoms with Gasteiger partial charge in [-0.25, -0.2) is 0 Å². The van der Waals surface area contributed by atoms with Crippen molar-refractivity contribution in [2.45, 2.75) is 25.8 Å². The van der Waals surface area contributed by atoms with E-state index in [1.807, 2.05) is 0 Å². The summed E-state index contributed by atoms with van der Waals surface area (Å²) in [5, 5.41) is 7.84. The van der Waals surface area contributed by atoms with Gasteiger partial charge >= 0.3 is 0 Å². The minimum absolute atomic E-state index is 0. The van der Waals surface area contributed by atoms with Gasteiger partial charge in [0.2, 0.25) is 0 Å². The molecule has 0 fully saturated rings. The van der Waals surface area contributed by atoms with Crippen LogP contribution in [-0.2, 0) is 12.8 Å². The third-order valence-electron chi connectivity index (χ3n) is 6.11. The summed E-state index contributed by atoms with van der Waals surface area (Å²) in [5.41, 5.74) is 8.13. The van der Waals surface area contributed by atoms with E-state index < -0.39 is 0 Å². The second-order valence-electron chi connectivity index (χ2n) is 8.21. The monoisotopic (exact) mass is 459 g/mol. The van der Waals surface area contributed by atoms with Gasteiger partial charge in [-0.3, -0.25) is 0 Å². The smallest absolute Gasteiger partial charge is 0.0517 e. The summed E-state index contributed by atoms with van der Waals surface area (Å²) in [7, 11) is 4.23. The molecular weight excluding hydrogens is 429 g/mol. The van der Waals surface area contributed by atoms with Gasteiger partial charge < -0.3 is 20.7 Å². The Hall–Kier alpha value is -2.24. The van der Waals surface area contributed by atoms with E-state index >= 15 is 0 Å². The molecule has 4 aromatic rings. The summed E-state index contributed by atoms with van der Waals surface area (Å²) in [6.45, 7) is 3.21. The number of nitrogens with one attached hydrogen (secondary N) is 2. The van der Waals surface area contributed by atoms with Crippen molar-refractivity contribution in [3.8, 4) is 0 Å². The van der Waals surface area contributed by atoms with Crippen LogP contribution in [0.1, 0.15) is 28.4 Å². The number of aromatic amines is 1. The van der Waals surface area contributed by atoms with Crippen molar-refractivity contribution in [2.75, 3.05) is 25.5 Å². The van der Waals surface area contributed by atoms with E-state index in [-0.39, 0.29) is 30.3 Å². The third-order valence-corrected chi connectivity index (χ3v) is 6.11. The van der Waals surface area contributed by atoms with E-state index in [0.29, 0.717) is 6.04 Å². The Kier molecular flexibility index (Phi) is 8.01. The first-order valence-corrected chi connectivity index (χ1v) is 10.1. The van der Waals surface area contributed by atoms with Crippen LogP contribution in [0.4, 0.5) is 5.69 Å². The largest absolute Gasteiger partial charge is 0.412 e. The lowest BCUT2D eigenvalue weighted by atomic mass is 9.92. The van der Waals surface area contributed by atoms with Crippen molar-refractivity contribution >= 4 is 52.2 Å². The number of benzene rings is 3. The first-order chi connectivity index (χ1) is 13.6. The highest BCUT2D eigenvalue weighted by Crippen LogP contribution is 2.35.